The lowest BCUT2D eigenvalue weighted by atomic mass is 10.2. The van der Waals surface area contributed by atoms with Crippen LogP contribution in [0.25, 0.3) is 0 Å². The zero-order valence-electron chi connectivity index (χ0n) is 12.4. The average molecular weight is 293 g/mol. The first-order valence-electron chi connectivity index (χ1n) is 6.73. The highest BCUT2D eigenvalue weighted by Crippen LogP contribution is 2.31. The number of ether oxygens (including phenoxy) is 2. The lowest BCUT2D eigenvalue weighted by Crippen LogP contribution is -1.92. The smallest absolute Gasteiger partial charge is 0.231 e. The second-order valence-electron chi connectivity index (χ2n) is 4.15. The monoisotopic (exact) mass is 292 g/mol. The number of benzene rings is 2. The van der Waals surface area contributed by atoms with Crippen LogP contribution in [0.2, 0.25) is 5.02 Å². The summed E-state index contributed by atoms with van der Waals surface area (Å²) in [5.74, 6) is 1.71. The third-order valence-corrected chi connectivity index (χ3v) is 2.79. The molecule has 0 aliphatic carbocycles. The fourth-order valence-electron chi connectivity index (χ4n) is 1.54. The number of hydrogen-bond donors (Lipinski definition) is 0. The summed E-state index contributed by atoms with van der Waals surface area (Å²) in [5, 5.41) is 0.801. The van der Waals surface area contributed by atoms with Gasteiger partial charge in [-0.15, -0.1) is 0 Å². The molecule has 1 heterocycles. The molecule has 1 aliphatic rings. The van der Waals surface area contributed by atoms with Gasteiger partial charge in [-0.1, -0.05) is 49.2 Å². The number of aryl methyl sites for hydroxylation is 2. The van der Waals surface area contributed by atoms with Gasteiger partial charge in [0.2, 0.25) is 6.79 Å². The molecule has 0 bridgehead atoms. The summed E-state index contributed by atoms with van der Waals surface area (Å²) < 4.78 is 10.3. The molecular formula is C17H21ClO2. The minimum Gasteiger partial charge on any atom is -0.454 e. The Balaban J connectivity index is 0.000000182. The predicted molar refractivity (Wildman–Crippen MR) is 84.8 cm³/mol. The second-order valence-corrected chi connectivity index (χ2v) is 4.59. The Kier molecular flexibility index (Phi) is 6.96. The summed E-state index contributed by atoms with van der Waals surface area (Å²) in [6.07, 6.45) is 0. The van der Waals surface area contributed by atoms with Gasteiger partial charge in [0.15, 0.2) is 11.5 Å². The van der Waals surface area contributed by atoms with Gasteiger partial charge in [-0.05, 0) is 43.7 Å². The molecule has 0 N–H and O–H groups in total. The molecule has 0 spiro atoms. The second kappa shape index (κ2) is 8.49. The number of rotatable bonds is 0. The van der Waals surface area contributed by atoms with Crippen LogP contribution >= 0.6 is 11.6 Å². The Bertz CT molecular complexity index is 500. The van der Waals surface area contributed by atoms with E-state index >= 15 is 0 Å². The van der Waals surface area contributed by atoms with Gasteiger partial charge in [-0.25, -0.2) is 0 Å². The number of halogens is 1. The Morgan fingerprint density at radius 1 is 0.800 bits per heavy atom. The molecule has 0 atom stereocenters. The Labute approximate surface area is 126 Å². The molecule has 0 aromatic heterocycles. The molecule has 3 rings (SSSR count). The van der Waals surface area contributed by atoms with E-state index in [-0.39, 0.29) is 0 Å². The van der Waals surface area contributed by atoms with E-state index in [0.29, 0.717) is 6.79 Å². The summed E-state index contributed by atoms with van der Waals surface area (Å²) in [6, 6.07) is 13.7. The van der Waals surface area contributed by atoms with Gasteiger partial charge in [0.25, 0.3) is 0 Å². The van der Waals surface area contributed by atoms with Crippen LogP contribution in [0.1, 0.15) is 25.0 Å². The fourth-order valence-corrected chi connectivity index (χ4v) is 1.66. The Morgan fingerprint density at radius 3 is 1.95 bits per heavy atom. The van der Waals surface area contributed by atoms with Crippen molar-refractivity contribution in [2.24, 2.45) is 0 Å². The predicted octanol–water partition coefficient (Wildman–Crippen LogP) is 5.40. The number of hydrogen-bond acceptors (Lipinski definition) is 2. The van der Waals surface area contributed by atoms with Crippen LogP contribution < -0.4 is 9.47 Å². The summed E-state index contributed by atoms with van der Waals surface area (Å²) >= 11 is 5.61. The summed E-state index contributed by atoms with van der Waals surface area (Å²) in [5.41, 5.74) is 2.44. The van der Waals surface area contributed by atoms with Crippen LogP contribution in [-0.2, 0) is 0 Å². The minimum atomic E-state index is 0.360. The molecule has 20 heavy (non-hydrogen) atoms. The molecule has 0 saturated heterocycles. The molecule has 0 radical (unpaired) electrons. The highest BCUT2D eigenvalue weighted by Gasteiger charge is 2.11. The van der Waals surface area contributed by atoms with Crippen molar-refractivity contribution < 1.29 is 9.47 Å². The fraction of sp³-hybridized carbons (Fsp3) is 0.294. The average Bonchev–Trinajstić information content (AvgIpc) is 2.92. The van der Waals surface area contributed by atoms with Gasteiger partial charge in [0.05, 0.1) is 0 Å². The highest BCUT2D eigenvalue weighted by molar-refractivity contribution is 6.30. The van der Waals surface area contributed by atoms with E-state index in [1.54, 1.807) is 0 Å². The Hall–Kier alpha value is -1.67. The van der Waals surface area contributed by atoms with Crippen molar-refractivity contribution in [3.05, 3.63) is 58.6 Å². The van der Waals surface area contributed by atoms with Crippen molar-refractivity contribution in [3.63, 3.8) is 0 Å². The lowest BCUT2D eigenvalue weighted by Gasteiger charge is -1.94. The van der Waals surface area contributed by atoms with E-state index < -0.39 is 0 Å². The quantitative estimate of drug-likeness (QED) is 0.647. The van der Waals surface area contributed by atoms with Crippen molar-refractivity contribution in [1.82, 2.24) is 0 Å². The van der Waals surface area contributed by atoms with Crippen molar-refractivity contribution >= 4 is 11.6 Å². The first kappa shape index (κ1) is 16.4. The van der Waals surface area contributed by atoms with E-state index in [2.05, 4.69) is 0 Å². The maximum absolute atomic E-state index is 5.61. The van der Waals surface area contributed by atoms with Crippen LogP contribution in [0.4, 0.5) is 0 Å². The van der Waals surface area contributed by atoms with Crippen LogP contribution in [0.5, 0.6) is 11.5 Å². The van der Waals surface area contributed by atoms with Crippen molar-refractivity contribution in [3.8, 4) is 11.5 Å². The molecule has 0 saturated carbocycles. The third kappa shape index (κ3) is 5.14. The van der Waals surface area contributed by atoms with Gasteiger partial charge in [-0.3, -0.25) is 0 Å². The van der Waals surface area contributed by atoms with E-state index in [4.69, 9.17) is 21.1 Å². The van der Waals surface area contributed by atoms with E-state index in [9.17, 15) is 0 Å². The van der Waals surface area contributed by atoms with Gasteiger partial charge >= 0.3 is 0 Å². The molecular weight excluding hydrogens is 272 g/mol. The van der Waals surface area contributed by atoms with Crippen LogP contribution in [0.3, 0.4) is 0 Å². The Morgan fingerprint density at radius 2 is 1.35 bits per heavy atom. The molecule has 108 valence electrons. The van der Waals surface area contributed by atoms with Gasteiger partial charge in [0.1, 0.15) is 0 Å². The molecule has 2 nitrogen and oxygen atoms in total. The van der Waals surface area contributed by atoms with Crippen LogP contribution in [-0.4, -0.2) is 6.79 Å². The summed E-state index contributed by atoms with van der Waals surface area (Å²) in [7, 11) is 0. The van der Waals surface area contributed by atoms with E-state index in [0.717, 1.165) is 16.5 Å². The molecule has 3 heteroatoms. The summed E-state index contributed by atoms with van der Waals surface area (Å²) in [6.45, 7) is 8.43. The molecule has 0 fully saturated rings. The largest absolute Gasteiger partial charge is 0.454 e. The number of fused-ring (bicyclic) bond motifs is 1. The lowest BCUT2D eigenvalue weighted by molar-refractivity contribution is 0.174. The third-order valence-electron chi connectivity index (χ3n) is 2.54. The first-order chi connectivity index (χ1) is 9.65. The minimum absolute atomic E-state index is 0.360. The molecule has 2 aromatic rings. The van der Waals surface area contributed by atoms with E-state index in [1.165, 1.54) is 11.1 Å². The zero-order valence-corrected chi connectivity index (χ0v) is 13.2. The van der Waals surface area contributed by atoms with Crippen molar-refractivity contribution in [2.75, 3.05) is 6.79 Å². The topological polar surface area (TPSA) is 18.5 Å². The maximum Gasteiger partial charge on any atom is 0.231 e. The summed E-state index contributed by atoms with van der Waals surface area (Å²) in [4.78, 5) is 0. The molecule has 1 aliphatic heterocycles. The maximum atomic E-state index is 5.61. The standard InChI is InChI=1S/C8H8O2.C7H7Cl.C2H6/c1-6-2-3-7-8(4-6)10-5-9-7;1-6-2-4-7(8)5-3-6;1-2/h2-4H,5H2,1H3;2-5H,1H3;1-2H3. The first-order valence-corrected chi connectivity index (χ1v) is 7.11. The normalized spacial score (nSPS) is 10.8. The van der Waals surface area contributed by atoms with Crippen LogP contribution in [0.15, 0.2) is 42.5 Å². The highest BCUT2D eigenvalue weighted by atomic mass is 35.5. The van der Waals surface area contributed by atoms with Gasteiger partial charge in [0, 0.05) is 5.02 Å². The van der Waals surface area contributed by atoms with Crippen molar-refractivity contribution in [1.29, 1.82) is 0 Å². The van der Waals surface area contributed by atoms with Crippen LogP contribution in [0, 0.1) is 13.8 Å². The molecule has 0 unspecified atom stereocenters. The molecule has 0 amide bonds. The van der Waals surface area contributed by atoms with E-state index in [1.807, 2.05) is 70.2 Å². The SMILES string of the molecule is CC.Cc1ccc(Cl)cc1.Cc1ccc2c(c1)OCO2. The van der Waals surface area contributed by atoms with Crippen molar-refractivity contribution in [2.45, 2.75) is 27.7 Å². The van der Waals surface area contributed by atoms with Gasteiger partial charge < -0.3 is 9.47 Å². The zero-order chi connectivity index (χ0) is 15.0. The molecule has 2 aromatic carbocycles. The van der Waals surface area contributed by atoms with Gasteiger partial charge in [-0.2, -0.15) is 0 Å².